The Bertz CT molecular complexity index is 926. The van der Waals surface area contributed by atoms with Crippen LogP contribution in [0.4, 0.5) is 8.78 Å². The minimum atomic E-state index is -3.69. The van der Waals surface area contributed by atoms with E-state index in [4.69, 9.17) is 11.6 Å². The van der Waals surface area contributed by atoms with Gasteiger partial charge in [0.1, 0.15) is 24.2 Å². The molecule has 1 aliphatic rings. The maximum atomic E-state index is 14.0. The molecule has 2 aromatic carbocycles. The number of halogens is 3. The molecular weight excluding hydrogens is 374 g/mol. The third kappa shape index (κ3) is 3.29. The molecule has 0 unspecified atom stereocenters. The number of alkyl halides is 1. The number of aliphatic hydroxyl groups is 2. The lowest BCUT2D eigenvalue weighted by Crippen LogP contribution is -2.11. The second kappa shape index (κ2) is 6.32. The largest absolute Gasteiger partial charge is 0.385 e. The van der Waals surface area contributed by atoms with Crippen molar-refractivity contribution in [1.82, 2.24) is 0 Å². The summed E-state index contributed by atoms with van der Waals surface area (Å²) in [7, 11) is -3.69. The molecule has 0 fully saturated rings. The maximum absolute atomic E-state index is 14.0. The van der Waals surface area contributed by atoms with E-state index >= 15 is 0 Å². The zero-order valence-corrected chi connectivity index (χ0v) is 14.7. The SMILES string of the molecule is CS(=O)(=O)c1ccc([C@H](O)c2cc(F)cc(Cl)c2)c2c1[C@H](O)[C@H](F)C2. The number of benzene rings is 2. The van der Waals surface area contributed by atoms with E-state index in [1.807, 2.05) is 0 Å². The number of hydrogen-bond acceptors (Lipinski definition) is 4. The normalized spacial score (nSPS) is 21.2. The van der Waals surface area contributed by atoms with Crippen LogP contribution in [0.1, 0.15) is 34.5 Å². The summed E-state index contributed by atoms with van der Waals surface area (Å²) in [4.78, 5) is -0.177. The van der Waals surface area contributed by atoms with Crippen LogP contribution in [0, 0.1) is 5.82 Å². The molecule has 0 amide bonds. The van der Waals surface area contributed by atoms with Gasteiger partial charge in [-0.3, -0.25) is 0 Å². The third-order valence-corrected chi connectivity index (χ3v) is 5.66. The smallest absolute Gasteiger partial charge is 0.175 e. The predicted molar refractivity (Wildman–Crippen MR) is 88.6 cm³/mol. The Morgan fingerprint density at radius 1 is 1.28 bits per heavy atom. The van der Waals surface area contributed by atoms with Gasteiger partial charge in [-0.05, 0) is 41.0 Å². The second-order valence-corrected chi connectivity index (χ2v) is 8.51. The van der Waals surface area contributed by atoms with E-state index in [1.54, 1.807) is 0 Å². The first-order valence-electron chi connectivity index (χ1n) is 7.41. The molecule has 2 N–H and O–H groups in total. The van der Waals surface area contributed by atoms with Crippen molar-refractivity contribution in [2.24, 2.45) is 0 Å². The summed E-state index contributed by atoms with van der Waals surface area (Å²) in [6, 6.07) is 6.10. The summed E-state index contributed by atoms with van der Waals surface area (Å²) >= 11 is 5.80. The van der Waals surface area contributed by atoms with Gasteiger partial charge in [0.25, 0.3) is 0 Å². The Morgan fingerprint density at radius 3 is 2.56 bits per heavy atom. The highest BCUT2D eigenvalue weighted by Crippen LogP contribution is 2.42. The minimum absolute atomic E-state index is 0.0472. The van der Waals surface area contributed by atoms with Gasteiger partial charge < -0.3 is 10.2 Å². The van der Waals surface area contributed by atoms with Crippen molar-refractivity contribution >= 4 is 21.4 Å². The summed E-state index contributed by atoms with van der Waals surface area (Å²) in [6.07, 6.45) is -3.89. The fourth-order valence-electron chi connectivity index (χ4n) is 3.19. The fourth-order valence-corrected chi connectivity index (χ4v) is 4.38. The quantitative estimate of drug-likeness (QED) is 0.847. The van der Waals surface area contributed by atoms with Crippen molar-refractivity contribution < 1.29 is 27.4 Å². The number of sulfone groups is 1. The monoisotopic (exact) mass is 388 g/mol. The van der Waals surface area contributed by atoms with Gasteiger partial charge in [-0.15, -0.1) is 0 Å². The van der Waals surface area contributed by atoms with Gasteiger partial charge in [0.2, 0.25) is 0 Å². The molecular formula is C17H15ClF2O4S. The van der Waals surface area contributed by atoms with Crippen molar-refractivity contribution in [2.45, 2.75) is 29.7 Å². The number of hydrogen-bond donors (Lipinski definition) is 2. The van der Waals surface area contributed by atoms with E-state index in [2.05, 4.69) is 0 Å². The lowest BCUT2D eigenvalue weighted by atomic mass is 9.94. The van der Waals surface area contributed by atoms with Crippen molar-refractivity contribution in [3.63, 3.8) is 0 Å². The summed E-state index contributed by atoms with van der Waals surface area (Å²) in [6.45, 7) is 0. The van der Waals surface area contributed by atoms with E-state index in [-0.39, 0.29) is 38.6 Å². The number of rotatable bonds is 3. The zero-order valence-electron chi connectivity index (χ0n) is 13.1. The third-order valence-electron chi connectivity index (χ3n) is 4.29. The summed E-state index contributed by atoms with van der Waals surface area (Å²) in [5, 5.41) is 20.7. The van der Waals surface area contributed by atoms with Gasteiger partial charge in [0.05, 0.1) is 4.90 Å². The zero-order chi connectivity index (χ0) is 18.5. The van der Waals surface area contributed by atoms with Gasteiger partial charge in [-0.1, -0.05) is 17.7 Å². The summed E-state index contributed by atoms with van der Waals surface area (Å²) < 4.78 is 51.4. The van der Waals surface area contributed by atoms with Crippen LogP contribution in [-0.2, 0) is 16.3 Å². The van der Waals surface area contributed by atoms with Crippen LogP contribution >= 0.6 is 11.6 Å². The van der Waals surface area contributed by atoms with Crippen LogP contribution in [0.3, 0.4) is 0 Å². The van der Waals surface area contributed by atoms with Crippen LogP contribution in [-0.4, -0.2) is 31.1 Å². The van der Waals surface area contributed by atoms with Crippen LogP contribution < -0.4 is 0 Å². The molecule has 4 nitrogen and oxygen atoms in total. The summed E-state index contributed by atoms with van der Waals surface area (Å²) in [5.74, 6) is -0.644. The molecule has 134 valence electrons. The van der Waals surface area contributed by atoms with Crippen molar-refractivity contribution in [3.8, 4) is 0 Å². The minimum Gasteiger partial charge on any atom is -0.385 e. The molecule has 0 bridgehead atoms. The molecule has 0 aromatic heterocycles. The molecule has 2 aromatic rings. The first kappa shape index (κ1) is 18.3. The van der Waals surface area contributed by atoms with Crippen molar-refractivity contribution in [2.75, 3.05) is 6.26 Å². The predicted octanol–water partition coefficient (Wildman–Crippen LogP) is 2.89. The van der Waals surface area contributed by atoms with E-state index < -0.39 is 34.0 Å². The van der Waals surface area contributed by atoms with Gasteiger partial charge >= 0.3 is 0 Å². The first-order valence-corrected chi connectivity index (χ1v) is 9.68. The summed E-state index contributed by atoms with van der Waals surface area (Å²) in [5.41, 5.74) is 0.532. The molecule has 3 atom stereocenters. The molecule has 0 heterocycles. The molecule has 0 saturated carbocycles. The number of aliphatic hydroxyl groups excluding tert-OH is 2. The fraction of sp³-hybridized carbons (Fsp3) is 0.294. The van der Waals surface area contributed by atoms with Crippen LogP contribution in [0.5, 0.6) is 0 Å². The topological polar surface area (TPSA) is 74.6 Å². The molecule has 3 rings (SSSR count). The molecule has 0 saturated heterocycles. The van der Waals surface area contributed by atoms with Crippen molar-refractivity contribution in [3.05, 3.63) is 63.4 Å². The molecule has 25 heavy (non-hydrogen) atoms. The molecule has 0 spiro atoms. The maximum Gasteiger partial charge on any atom is 0.175 e. The Morgan fingerprint density at radius 2 is 1.96 bits per heavy atom. The van der Waals surface area contributed by atoms with Gasteiger partial charge in [0, 0.05) is 23.3 Å². The van der Waals surface area contributed by atoms with E-state index in [0.717, 1.165) is 18.4 Å². The molecule has 8 heteroatoms. The van der Waals surface area contributed by atoms with E-state index in [9.17, 15) is 27.4 Å². The standard InChI is InChI=1S/C17H15ClF2O4S/c1-25(23,24)14-3-2-11(12-7-13(20)17(22)15(12)14)16(21)8-4-9(18)6-10(19)5-8/h2-6,13,16-17,21-22H,7H2,1H3/t13-,16-,17-/m1/s1. The second-order valence-electron chi connectivity index (χ2n) is 6.09. The van der Waals surface area contributed by atoms with Crippen LogP contribution in [0.2, 0.25) is 5.02 Å². The average molecular weight is 389 g/mol. The highest BCUT2D eigenvalue weighted by atomic mass is 35.5. The molecule has 0 radical (unpaired) electrons. The molecule has 1 aliphatic carbocycles. The number of fused-ring (bicyclic) bond motifs is 1. The highest BCUT2D eigenvalue weighted by Gasteiger charge is 2.38. The van der Waals surface area contributed by atoms with E-state index in [0.29, 0.717) is 0 Å². The first-order chi connectivity index (χ1) is 11.6. The van der Waals surface area contributed by atoms with Crippen LogP contribution in [0.15, 0.2) is 35.2 Å². The Kier molecular flexibility index (Phi) is 4.61. The van der Waals surface area contributed by atoms with Gasteiger partial charge in [-0.2, -0.15) is 0 Å². The lowest BCUT2D eigenvalue weighted by molar-refractivity contribution is 0.0907. The van der Waals surface area contributed by atoms with E-state index in [1.165, 1.54) is 18.2 Å². The Hall–Kier alpha value is -1.54. The van der Waals surface area contributed by atoms with Gasteiger partial charge in [0.15, 0.2) is 9.84 Å². The molecule has 0 aliphatic heterocycles. The highest BCUT2D eigenvalue weighted by molar-refractivity contribution is 7.90. The lowest BCUT2D eigenvalue weighted by Gasteiger charge is -2.18. The van der Waals surface area contributed by atoms with Crippen molar-refractivity contribution in [1.29, 1.82) is 0 Å². The Balaban J connectivity index is 2.19. The van der Waals surface area contributed by atoms with Crippen LogP contribution in [0.25, 0.3) is 0 Å². The average Bonchev–Trinajstić information content (AvgIpc) is 2.79. The van der Waals surface area contributed by atoms with Gasteiger partial charge in [-0.25, -0.2) is 17.2 Å². The Labute approximate surface area is 148 Å².